The molecule has 1 saturated heterocycles. The maximum Gasteiger partial charge on any atom is 0.338 e. The average molecular weight is 599 g/mol. The first kappa shape index (κ1) is 30.0. The van der Waals surface area contributed by atoms with Crippen molar-refractivity contribution in [3.63, 3.8) is 0 Å². The van der Waals surface area contributed by atoms with E-state index in [0.29, 0.717) is 5.56 Å². The van der Waals surface area contributed by atoms with Crippen LogP contribution in [0.25, 0.3) is 0 Å². The van der Waals surface area contributed by atoms with E-state index in [4.69, 9.17) is 18.9 Å². The summed E-state index contributed by atoms with van der Waals surface area (Å²) in [4.78, 5) is 39.9. The first-order chi connectivity index (χ1) is 20.9. The number of aryl methyl sites for hydroxylation is 1. The smallest absolute Gasteiger partial charge is 0.338 e. The van der Waals surface area contributed by atoms with E-state index in [9.17, 15) is 19.5 Å². The number of carbonyl (C=O) groups is 3. The van der Waals surface area contributed by atoms with Crippen LogP contribution in [-0.4, -0.2) is 59.5 Å². The molecule has 5 atom stereocenters. The number of ether oxygens (including phenoxy) is 4. The molecule has 4 aromatic rings. The minimum Gasteiger partial charge on any atom is -0.459 e. The lowest BCUT2D eigenvalue weighted by Crippen LogP contribution is -2.60. The quantitative estimate of drug-likeness (QED) is 0.198. The van der Waals surface area contributed by atoms with Crippen molar-refractivity contribution in [1.82, 2.24) is 0 Å². The third-order valence-electron chi connectivity index (χ3n) is 6.79. The van der Waals surface area contributed by atoms with Crippen molar-refractivity contribution in [2.24, 2.45) is 0 Å². The molecule has 0 saturated carbocycles. The van der Waals surface area contributed by atoms with Crippen molar-refractivity contribution in [3.8, 4) is 0 Å². The van der Waals surface area contributed by atoms with Crippen molar-refractivity contribution in [2.45, 2.75) is 41.7 Å². The molecule has 1 fully saturated rings. The van der Waals surface area contributed by atoms with E-state index >= 15 is 0 Å². The Morgan fingerprint density at radius 2 is 1.14 bits per heavy atom. The Morgan fingerprint density at radius 3 is 1.65 bits per heavy atom. The molecule has 1 aliphatic rings. The molecule has 0 spiro atoms. The van der Waals surface area contributed by atoms with Crippen molar-refractivity contribution >= 4 is 29.7 Å². The molecule has 220 valence electrons. The van der Waals surface area contributed by atoms with Crippen LogP contribution in [0.5, 0.6) is 0 Å². The highest BCUT2D eigenvalue weighted by molar-refractivity contribution is 7.99. The van der Waals surface area contributed by atoms with Gasteiger partial charge in [-0.05, 0) is 55.5 Å². The van der Waals surface area contributed by atoms with E-state index in [1.165, 1.54) is 11.8 Å². The Labute approximate surface area is 253 Å². The Bertz CT molecular complexity index is 1510. The molecule has 8 nitrogen and oxygen atoms in total. The van der Waals surface area contributed by atoms with Crippen molar-refractivity contribution < 1.29 is 38.4 Å². The second-order valence-corrected chi connectivity index (χ2v) is 11.1. The molecule has 0 aliphatic carbocycles. The lowest BCUT2D eigenvalue weighted by Gasteiger charge is -2.43. The molecule has 0 aromatic heterocycles. The summed E-state index contributed by atoms with van der Waals surface area (Å²) >= 11 is 1.24. The summed E-state index contributed by atoms with van der Waals surface area (Å²) < 4.78 is 23.5. The predicted octanol–water partition coefficient (Wildman–Crippen LogP) is 5.48. The second kappa shape index (κ2) is 14.2. The summed E-state index contributed by atoms with van der Waals surface area (Å²) in [5.41, 5.74) is 0.983. The molecule has 4 aromatic carbocycles. The predicted molar refractivity (Wildman–Crippen MR) is 160 cm³/mol. The molecule has 5 rings (SSSR count). The molecular weight excluding hydrogens is 568 g/mol. The molecule has 0 radical (unpaired) electrons. The zero-order valence-electron chi connectivity index (χ0n) is 23.3. The number of carbonyl (C=O) groups excluding carboxylic acids is 3. The number of aliphatic hydroxyl groups excluding tert-OH is 1. The van der Waals surface area contributed by atoms with Gasteiger partial charge in [0.2, 0.25) is 0 Å². The van der Waals surface area contributed by atoms with Gasteiger partial charge in [-0.15, -0.1) is 0 Å². The van der Waals surface area contributed by atoms with E-state index in [-0.39, 0.29) is 17.7 Å². The molecule has 1 heterocycles. The average Bonchev–Trinajstić information content (AvgIpc) is 3.05. The van der Waals surface area contributed by atoms with Crippen LogP contribution >= 0.6 is 11.8 Å². The number of rotatable bonds is 9. The maximum absolute atomic E-state index is 13.2. The van der Waals surface area contributed by atoms with Gasteiger partial charge in [0, 0.05) is 4.90 Å². The van der Waals surface area contributed by atoms with Crippen molar-refractivity contribution in [3.05, 3.63) is 138 Å². The SMILES string of the molecule is Cc1ccc(S[C@@H]2O[C@H](COC(=O)c3ccccc3)[C@@H](O)[C@H](OC(=O)c3ccccc3)[C@H]2OC(=O)c2ccccc2)cc1. The molecule has 1 N–H and O–H groups in total. The molecular formula is C34H30O8S. The zero-order valence-corrected chi connectivity index (χ0v) is 24.1. The summed E-state index contributed by atoms with van der Waals surface area (Å²) in [7, 11) is 0. The standard InChI is InChI=1S/C34H30O8S/c1-22-17-19-26(20-18-22)43-34-30(42-33(38)25-15-9-4-10-16-25)29(41-32(37)24-13-7-3-8-14-24)28(35)27(40-34)21-39-31(36)23-11-5-2-6-12-23/h2-20,27-30,34-35H,21H2,1H3/t27-,28-,29+,30-,34+/m1/s1. The van der Waals surface area contributed by atoms with Crippen LogP contribution in [0.15, 0.2) is 120 Å². The van der Waals surface area contributed by atoms with Crippen LogP contribution in [0, 0.1) is 6.92 Å². The normalized spacial score (nSPS) is 21.4. The van der Waals surface area contributed by atoms with Gasteiger partial charge >= 0.3 is 17.9 Å². The topological polar surface area (TPSA) is 108 Å². The van der Waals surface area contributed by atoms with Gasteiger partial charge in [0.15, 0.2) is 12.2 Å². The number of thioether (sulfide) groups is 1. The Hall–Kier alpha value is -4.44. The molecule has 0 bridgehead atoms. The fraction of sp³-hybridized carbons (Fsp3) is 0.206. The van der Waals surface area contributed by atoms with Gasteiger partial charge in [0.05, 0.1) is 16.7 Å². The highest BCUT2D eigenvalue weighted by Gasteiger charge is 2.50. The van der Waals surface area contributed by atoms with Crippen LogP contribution in [0.1, 0.15) is 36.6 Å². The van der Waals surface area contributed by atoms with E-state index in [0.717, 1.165) is 10.5 Å². The zero-order chi connectivity index (χ0) is 30.2. The first-order valence-electron chi connectivity index (χ1n) is 13.7. The van der Waals surface area contributed by atoms with Crippen molar-refractivity contribution in [2.75, 3.05) is 6.61 Å². The highest BCUT2D eigenvalue weighted by atomic mass is 32.2. The largest absolute Gasteiger partial charge is 0.459 e. The number of esters is 3. The van der Waals surface area contributed by atoms with Gasteiger partial charge < -0.3 is 24.1 Å². The second-order valence-electron chi connectivity index (χ2n) is 9.90. The molecule has 9 heteroatoms. The minimum absolute atomic E-state index is 0.254. The van der Waals surface area contributed by atoms with Gasteiger partial charge in [0.1, 0.15) is 24.3 Å². The fourth-order valence-corrected chi connectivity index (χ4v) is 5.59. The summed E-state index contributed by atoms with van der Waals surface area (Å²) in [6.07, 6.45) is -5.17. The number of hydrogen-bond acceptors (Lipinski definition) is 9. The van der Waals surface area contributed by atoms with Gasteiger partial charge in [-0.2, -0.15) is 0 Å². The maximum atomic E-state index is 13.2. The first-order valence-corrected chi connectivity index (χ1v) is 14.6. The number of benzene rings is 4. The van der Waals surface area contributed by atoms with Crippen LogP contribution in [-0.2, 0) is 18.9 Å². The summed E-state index contributed by atoms with van der Waals surface area (Å²) in [6.45, 7) is 1.63. The van der Waals surface area contributed by atoms with E-state index < -0.39 is 47.8 Å². The minimum atomic E-state index is -1.50. The Morgan fingerprint density at radius 1 is 0.674 bits per heavy atom. The van der Waals surface area contributed by atoms with E-state index in [1.807, 2.05) is 31.2 Å². The van der Waals surface area contributed by atoms with Crippen molar-refractivity contribution in [1.29, 1.82) is 0 Å². The molecule has 0 unspecified atom stereocenters. The Kier molecular flexibility index (Phi) is 9.88. The van der Waals surface area contributed by atoms with Crippen LogP contribution in [0.2, 0.25) is 0 Å². The molecule has 0 amide bonds. The van der Waals surface area contributed by atoms with Gasteiger partial charge in [-0.3, -0.25) is 0 Å². The molecule has 43 heavy (non-hydrogen) atoms. The summed E-state index contributed by atoms with van der Waals surface area (Å²) in [5.74, 6) is -1.99. The molecule has 1 aliphatic heterocycles. The van der Waals surface area contributed by atoms with Crippen LogP contribution in [0.4, 0.5) is 0 Å². The van der Waals surface area contributed by atoms with Crippen LogP contribution in [0.3, 0.4) is 0 Å². The Balaban J connectivity index is 1.45. The van der Waals surface area contributed by atoms with Gasteiger partial charge in [0.25, 0.3) is 0 Å². The summed E-state index contributed by atoms with van der Waals surface area (Å²) in [5, 5.41) is 11.5. The number of aliphatic hydroxyl groups is 1. The van der Waals surface area contributed by atoms with Gasteiger partial charge in [-0.1, -0.05) is 84.1 Å². The van der Waals surface area contributed by atoms with E-state index in [1.54, 1.807) is 91.0 Å². The van der Waals surface area contributed by atoms with E-state index in [2.05, 4.69) is 0 Å². The fourth-order valence-electron chi connectivity index (χ4n) is 4.48. The third-order valence-corrected chi connectivity index (χ3v) is 7.94. The van der Waals surface area contributed by atoms with Gasteiger partial charge in [-0.25, -0.2) is 14.4 Å². The lowest BCUT2D eigenvalue weighted by atomic mass is 9.99. The third kappa shape index (κ3) is 7.70. The number of hydrogen-bond donors (Lipinski definition) is 1. The monoisotopic (exact) mass is 598 g/mol. The lowest BCUT2D eigenvalue weighted by molar-refractivity contribution is -0.206. The summed E-state index contributed by atoms with van der Waals surface area (Å²) in [6, 6.07) is 32.7. The van der Waals surface area contributed by atoms with Crippen LogP contribution < -0.4 is 0 Å². The highest BCUT2D eigenvalue weighted by Crippen LogP contribution is 2.37.